The topological polar surface area (TPSA) is 110 Å². The lowest BCUT2D eigenvalue weighted by molar-refractivity contribution is -0.149. The Morgan fingerprint density at radius 2 is 1.96 bits per heavy atom. The third kappa shape index (κ3) is 6.40. The van der Waals surface area contributed by atoms with Gasteiger partial charge in [0.05, 0.1) is 10.9 Å². The number of aromatic amines is 1. The number of nitrogens with zero attached hydrogens (tertiary/aromatic N) is 1. The Morgan fingerprint density at radius 3 is 2.67 bits per heavy atom. The molecule has 1 amide bonds. The summed E-state index contributed by atoms with van der Waals surface area (Å²) in [7, 11) is 0. The van der Waals surface area contributed by atoms with Crippen LogP contribution in [0.5, 0.6) is 0 Å². The number of fused-ring (bicyclic) bond motifs is 1. The molecule has 2 rings (SSSR count). The van der Waals surface area contributed by atoms with Gasteiger partial charge in [0, 0.05) is 13.0 Å². The number of esters is 1. The van der Waals surface area contributed by atoms with Crippen molar-refractivity contribution in [2.24, 2.45) is 0 Å². The van der Waals surface area contributed by atoms with Gasteiger partial charge in [-0.3, -0.25) is 9.59 Å². The van der Waals surface area contributed by atoms with E-state index in [1.165, 1.54) is 0 Å². The Bertz CT molecular complexity index is 870. The number of carbonyl (C=O) groups excluding carboxylic acids is 2. The van der Waals surface area contributed by atoms with Crippen molar-refractivity contribution in [3.05, 3.63) is 40.4 Å². The summed E-state index contributed by atoms with van der Waals surface area (Å²) in [6, 6.07) is 6.95. The minimum atomic E-state index is -0.686. The monoisotopic (exact) mass is 375 g/mol. The number of carbonyl (C=O) groups is 2. The van der Waals surface area contributed by atoms with Crippen molar-refractivity contribution >= 4 is 23.0 Å². The zero-order valence-corrected chi connectivity index (χ0v) is 16.0. The number of hydrogen-bond donors (Lipinski definition) is 2. The van der Waals surface area contributed by atoms with Gasteiger partial charge in [0.25, 0.3) is 5.56 Å². The first-order chi connectivity index (χ1) is 12.7. The van der Waals surface area contributed by atoms with Gasteiger partial charge in [-0.2, -0.15) is 0 Å². The summed E-state index contributed by atoms with van der Waals surface area (Å²) >= 11 is 0. The van der Waals surface area contributed by atoms with Crippen molar-refractivity contribution < 1.29 is 19.1 Å². The van der Waals surface area contributed by atoms with Crippen LogP contribution in [0.15, 0.2) is 29.1 Å². The molecule has 0 unspecified atom stereocenters. The van der Waals surface area contributed by atoms with Crippen molar-refractivity contribution in [3.63, 3.8) is 0 Å². The zero-order valence-electron chi connectivity index (χ0n) is 16.0. The molecule has 0 radical (unpaired) electrons. The number of alkyl carbamates (subject to hydrolysis) is 1. The van der Waals surface area contributed by atoms with E-state index in [1.807, 2.05) is 0 Å². The van der Waals surface area contributed by atoms with Crippen LogP contribution in [0, 0.1) is 0 Å². The largest absolute Gasteiger partial charge is 0.454 e. The van der Waals surface area contributed by atoms with E-state index >= 15 is 0 Å². The van der Waals surface area contributed by atoms with Gasteiger partial charge in [-0.15, -0.1) is 0 Å². The van der Waals surface area contributed by atoms with Gasteiger partial charge in [-0.1, -0.05) is 12.1 Å². The number of aromatic nitrogens is 2. The van der Waals surface area contributed by atoms with E-state index in [9.17, 15) is 14.4 Å². The Hall–Kier alpha value is -2.90. The SMILES string of the molecule is C[C@@H](OC(=O)CCCNC(=O)OC(C)(C)C)c1nc2ccccc2c(=O)[nH]1. The van der Waals surface area contributed by atoms with Crippen LogP contribution in [-0.4, -0.2) is 34.2 Å². The normalized spacial score (nSPS) is 12.4. The highest BCUT2D eigenvalue weighted by molar-refractivity contribution is 5.77. The van der Waals surface area contributed by atoms with Crippen molar-refractivity contribution in [2.45, 2.75) is 52.2 Å². The molecule has 0 spiro atoms. The molecule has 2 aromatic rings. The molecule has 0 aliphatic rings. The second kappa shape index (κ2) is 8.66. The maximum Gasteiger partial charge on any atom is 0.407 e. The summed E-state index contributed by atoms with van der Waals surface area (Å²) < 4.78 is 10.4. The van der Waals surface area contributed by atoms with Gasteiger partial charge in [0.2, 0.25) is 0 Å². The lowest BCUT2D eigenvalue weighted by Gasteiger charge is -2.19. The van der Waals surface area contributed by atoms with E-state index < -0.39 is 23.8 Å². The van der Waals surface area contributed by atoms with Crippen LogP contribution in [0.4, 0.5) is 4.79 Å². The molecule has 2 N–H and O–H groups in total. The molecular weight excluding hydrogens is 350 g/mol. The number of para-hydroxylation sites is 1. The molecule has 0 saturated carbocycles. The highest BCUT2D eigenvalue weighted by Crippen LogP contribution is 2.15. The smallest absolute Gasteiger partial charge is 0.407 e. The quantitative estimate of drug-likeness (QED) is 0.593. The number of benzene rings is 1. The number of amides is 1. The third-order valence-electron chi connectivity index (χ3n) is 3.55. The van der Waals surface area contributed by atoms with Gasteiger partial charge in [0.1, 0.15) is 5.60 Å². The summed E-state index contributed by atoms with van der Waals surface area (Å²) in [4.78, 5) is 42.5. The van der Waals surface area contributed by atoms with Gasteiger partial charge < -0.3 is 19.8 Å². The molecule has 27 heavy (non-hydrogen) atoms. The predicted molar refractivity (Wildman–Crippen MR) is 100 cm³/mol. The van der Waals surface area contributed by atoms with E-state index in [0.717, 1.165) is 0 Å². The van der Waals surface area contributed by atoms with Crippen LogP contribution in [-0.2, 0) is 14.3 Å². The van der Waals surface area contributed by atoms with Gasteiger partial charge in [-0.25, -0.2) is 9.78 Å². The molecule has 0 bridgehead atoms. The van der Waals surface area contributed by atoms with Crippen LogP contribution in [0.3, 0.4) is 0 Å². The van der Waals surface area contributed by atoms with Crippen LogP contribution in [0.2, 0.25) is 0 Å². The molecule has 1 atom stereocenters. The highest BCUT2D eigenvalue weighted by Gasteiger charge is 2.17. The summed E-state index contributed by atoms with van der Waals surface area (Å²) in [6.45, 7) is 7.26. The lowest BCUT2D eigenvalue weighted by atomic mass is 10.2. The molecule has 0 aliphatic heterocycles. The Kier molecular flexibility index (Phi) is 6.55. The van der Waals surface area contributed by atoms with Crippen molar-refractivity contribution in [1.82, 2.24) is 15.3 Å². The number of ether oxygens (including phenoxy) is 2. The zero-order chi connectivity index (χ0) is 20.0. The summed E-state index contributed by atoms with van der Waals surface area (Å²) in [5.41, 5.74) is -0.303. The fourth-order valence-corrected chi connectivity index (χ4v) is 2.35. The molecule has 1 aromatic carbocycles. The molecule has 8 heteroatoms. The van der Waals surface area contributed by atoms with Crippen LogP contribution < -0.4 is 10.9 Å². The van der Waals surface area contributed by atoms with E-state index in [2.05, 4.69) is 15.3 Å². The molecule has 146 valence electrons. The standard InChI is InChI=1S/C19H25N3O5/c1-12(16-21-14-9-6-5-8-13(14)17(24)22-16)26-15(23)10-7-11-20-18(25)27-19(2,3)4/h5-6,8-9,12H,7,10-11H2,1-4H3,(H,20,25)(H,21,22,24)/t12-/m1/s1. The van der Waals surface area contributed by atoms with E-state index in [0.29, 0.717) is 29.7 Å². The van der Waals surface area contributed by atoms with Crippen LogP contribution in [0.25, 0.3) is 10.9 Å². The number of H-pyrrole nitrogens is 1. The number of rotatable bonds is 6. The van der Waals surface area contributed by atoms with E-state index in [-0.39, 0.29) is 12.0 Å². The third-order valence-corrected chi connectivity index (χ3v) is 3.55. The van der Waals surface area contributed by atoms with Crippen LogP contribution >= 0.6 is 0 Å². The van der Waals surface area contributed by atoms with Gasteiger partial charge in [0.15, 0.2) is 11.9 Å². The Balaban J connectivity index is 1.82. The fourth-order valence-electron chi connectivity index (χ4n) is 2.35. The molecule has 1 heterocycles. The Morgan fingerprint density at radius 1 is 1.26 bits per heavy atom. The maximum absolute atomic E-state index is 12.1. The minimum absolute atomic E-state index is 0.123. The molecule has 0 fully saturated rings. The summed E-state index contributed by atoms with van der Waals surface area (Å²) in [6.07, 6.45) is -0.680. The van der Waals surface area contributed by atoms with Gasteiger partial charge in [-0.05, 0) is 46.2 Å². The molecule has 1 aromatic heterocycles. The van der Waals surface area contributed by atoms with Crippen molar-refractivity contribution in [1.29, 1.82) is 0 Å². The first kappa shape index (κ1) is 20.4. The summed E-state index contributed by atoms with van der Waals surface area (Å²) in [5, 5.41) is 3.06. The van der Waals surface area contributed by atoms with E-state index in [1.54, 1.807) is 52.0 Å². The molecule has 0 aliphatic carbocycles. The maximum atomic E-state index is 12.1. The second-order valence-electron chi connectivity index (χ2n) is 7.13. The summed E-state index contributed by atoms with van der Waals surface area (Å²) in [5.74, 6) is -0.150. The number of hydrogen-bond acceptors (Lipinski definition) is 6. The first-order valence-corrected chi connectivity index (χ1v) is 8.81. The molecular formula is C19H25N3O5. The number of nitrogens with one attached hydrogen (secondary N) is 2. The molecule has 0 saturated heterocycles. The average molecular weight is 375 g/mol. The first-order valence-electron chi connectivity index (χ1n) is 8.81. The van der Waals surface area contributed by atoms with Gasteiger partial charge >= 0.3 is 12.1 Å². The second-order valence-corrected chi connectivity index (χ2v) is 7.13. The predicted octanol–water partition coefficient (Wildman–Crippen LogP) is 2.83. The van der Waals surface area contributed by atoms with Crippen LogP contribution in [0.1, 0.15) is 52.5 Å². The van der Waals surface area contributed by atoms with Crippen molar-refractivity contribution in [2.75, 3.05) is 6.54 Å². The minimum Gasteiger partial charge on any atom is -0.454 e. The van der Waals surface area contributed by atoms with E-state index in [4.69, 9.17) is 9.47 Å². The lowest BCUT2D eigenvalue weighted by Crippen LogP contribution is -2.33. The average Bonchev–Trinajstić information content (AvgIpc) is 2.57. The molecule has 8 nitrogen and oxygen atoms in total. The fraction of sp³-hybridized carbons (Fsp3) is 0.474. The van der Waals surface area contributed by atoms with Crippen molar-refractivity contribution in [3.8, 4) is 0 Å². The Labute approximate surface area is 157 Å². The highest BCUT2D eigenvalue weighted by atomic mass is 16.6.